The molecule has 0 aliphatic heterocycles. The molecule has 4 aromatic rings. The summed E-state index contributed by atoms with van der Waals surface area (Å²) in [5, 5.41) is 10.7. The average Bonchev–Trinajstić information content (AvgIpc) is 3.17. The molecule has 31 heavy (non-hydrogen) atoms. The van der Waals surface area contributed by atoms with E-state index in [1.165, 1.54) is 20.5 Å². The number of hydrogen-bond donors (Lipinski definition) is 1. The van der Waals surface area contributed by atoms with Gasteiger partial charge in [-0.25, -0.2) is 9.20 Å². The van der Waals surface area contributed by atoms with Crippen molar-refractivity contribution in [3.8, 4) is 11.6 Å². The van der Waals surface area contributed by atoms with Crippen molar-refractivity contribution in [2.75, 3.05) is 7.11 Å². The van der Waals surface area contributed by atoms with Crippen molar-refractivity contribution in [2.45, 2.75) is 40.4 Å². The molecule has 1 N–H and O–H groups in total. The van der Waals surface area contributed by atoms with Crippen LogP contribution in [0, 0.1) is 6.92 Å². The lowest BCUT2D eigenvalue weighted by molar-refractivity contribution is 0.412. The Morgan fingerprint density at radius 2 is 1.61 bits per heavy atom. The number of methoxy groups -OCH3 is 1. The van der Waals surface area contributed by atoms with Crippen molar-refractivity contribution in [2.24, 2.45) is 0 Å². The molecule has 162 valence electrons. The van der Waals surface area contributed by atoms with Crippen LogP contribution in [0.2, 0.25) is 0 Å². The lowest BCUT2D eigenvalue weighted by Gasteiger charge is -2.13. The highest BCUT2D eigenvalue weighted by Crippen LogP contribution is 2.22. The SMILES string of the molecule is CCn1c(=O)c2c(nc3n(Cc4ccc(OC)cc4)c(O)c(C)c(=O)n23)n(CC)c1=O. The van der Waals surface area contributed by atoms with Crippen LogP contribution in [-0.4, -0.2) is 35.3 Å². The summed E-state index contributed by atoms with van der Waals surface area (Å²) >= 11 is 0. The van der Waals surface area contributed by atoms with Gasteiger partial charge in [-0.2, -0.15) is 4.98 Å². The molecule has 0 atom stereocenters. The molecule has 0 aliphatic rings. The van der Waals surface area contributed by atoms with Crippen molar-refractivity contribution < 1.29 is 9.84 Å². The molecule has 10 heteroatoms. The maximum absolute atomic E-state index is 13.1. The Labute approximate surface area is 176 Å². The van der Waals surface area contributed by atoms with Crippen molar-refractivity contribution >= 4 is 16.9 Å². The smallest absolute Gasteiger partial charge is 0.332 e. The molecule has 0 bridgehead atoms. The first-order valence-electron chi connectivity index (χ1n) is 9.95. The fourth-order valence-corrected chi connectivity index (χ4v) is 3.79. The fraction of sp³-hybridized carbons (Fsp3) is 0.333. The summed E-state index contributed by atoms with van der Waals surface area (Å²) in [6, 6.07) is 7.24. The van der Waals surface area contributed by atoms with Crippen LogP contribution < -0.4 is 21.5 Å². The zero-order chi connectivity index (χ0) is 22.4. The number of imidazole rings is 1. The van der Waals surface area contributed by atoms with Crippen LogP contribution in [0.3, 0.4) is 0 Å². The van der Waals surface area contributed by atoms with E-state index in [0.717, 1.165) is 10.1 Å². The first-order valence-corrected chi connectivity index (χ1v) is 9.95. The Balaban J connectivity index is 2.13. The molecule has 1 aromatic carbocycles. The van der Waals surface area contributed by atoms with Gasteiger partial charge in [0.25, 0.3) is 11.1 Å². The number of aromatic hydroxyl groups is 1. The third kappa shape index (κ3) is 2.94. The monoisotopic (exact) mass is 425 g/mol. The van der Waals surface area contributed by atoms with Gasteiger partial charge < -0.3 is 9.84 Å². The summed E-state index contributed by atoms with van der Waals surface area (Å²) in [4.78, 5) is 43.3. The van der Waals surface area contributed by atoms with Gasteiger partial charge in [-0.1, -0.05) is 12.1 Å². The number of hydrogen-bond acceptors (Lipinski definition) is 6. The van der Waals surface area contributed by atoms with E-state index in [-0.39, 0.29) is 48.0 Å². The number of rotatable bonds is 5. The lowest BCUT2D eigenvalue weighted by Crippen LogP contribution is -2.40. The van der Waals surface area contributed by atoms with E-state index in [1.54, 1.807) is 33.1 Å². The minimum absolute atomic E-state index is 0.0230. The lowest BCUT2D eigenvalue weighted by atomic mass is 10.2. The normalized spacial score (nSPS) is 11.5. The first kappa shape index (κ1) is 20.5. The highest BCUT2D eigenvalue weighted by atomic mass is 16.5. The van der Waals surface area contributed by atoms with E-state index in [2.05, 4.69) is 4.98 Å². The molecule has 0 fully saturated rings. The predicted octanol–water partition coefficient (Wildman–Crippen LogP) is 1.08. The zero-order valence-electron chi connectivity index (χ0n) is 17.7. The van der Waals surface area contributed by atoms with Gasteiger partial charge in [-0.3, -0.25) is 23.3 Å². The van der Waals surface area contributed by atoms with Crippen molar-refractivity contribution in [1.29, 1.82) is 0 Å². The Bertz CT molecular complexity index is 1490. The molecule has 0 spiro atoms. The van der Waals surface area contributed by atoms with Crippen molar-refractivity contribution in [3.63, 3.8) is 0 Å². The van der Waals surface area contributed by atoms with Gasteiger partial charge in [0, 0.05) is 13.1 Å². The Hall–Kier alpha value is -3.82. The molecule has 0 radical (unpaired) electrons. The number of fused-ring (bicyclic) bond motifs is 3. The van der Waals surface area contributed by atoms with Crippen LogP contribution in [0.4, 0.5) is 0 Å². The summed E-state index contributed by atoms with van der Waals surface area (Å²) in [5.74, 6) is 0.532. The zero-order valence-corrected chi connectivity index (χ0v) is 17.7. The summed E-state index contributed by atoms with van der Waals surface area (Å²) in [6.07, 6.45) is 0. The highest BCUT2D eigenvalue weighted by Gasteiger charge is 2.23. The Kier molecular flexibility index (Phi) is 4.92. The van der Waals surface area contributed by atoms with Gasteiger partial charge in [0.05, 0.1) is 19.2 Å². The van der Waals surface area contributed by atoms with Gasteiger partial charge >= 0.3 is 5.69 Å². The molecule has 0 amide bonds. The second-order valence-electron chi connectivity index (χ2n) is 7.18. The summed E-state index contributed by atoms with van der Waals surface area (Å²) in [6.45, 7) is 5.58. The van der Waals surface area contributed by atoms with Gasteiger partial charge in [0.1, 0.15) is 5.75 Å². The summed E-state index contributed by atoms with van der Waals surface area (Å²) in [5.41, 5.74) is -0.576. The first-order chi connectivity index (χ1) is 14.8. The average molecular weight is 425 g/mol. The maximum atomic E-state index is 13.1. The fourth-order valence-electron chi connectivity index (χ4n) is 3.79. The van der Waals surface area contributed by atoms with E-state index >= 15 is 0 Å². The van der Waals surface area contributed by atoms with E-state index in [0.29, 0.717) is 5.75 Å². The van der Waals surface area contributed by atoms with Crippen molar-refractivity contribution in [3.05, 3.63) is 66.6 Å². The van der Waals surface area contributed by atoms with Gasteiger partial charge in [0.2, 0.25) is 11.7 Å². The standard InChI is InChI=1S/C21H23N5O5/c1-5-23-16-15(19(29)24(6-2)21(23)30)26-18(28)12(3)17(27)25(20(26)22-16)11-13-7-9-14(31-4)10-8-13/h7-10,27H,5-6,11H2,1-4H3. The molecule has 0 saturated heterocycles. The minimum Gasteiger partial charge on any atom is -0.497 e. The quantitative estimate of drug-likeness (QED) is 0.512. The molecule has 4 rings (SSSR count). The van der Waals surface area contributed by atoms with Crippen molar-refractivity contribution in [1.82, 2.24) is 23.1 Å². The molecule has 0 unspecified atom stereocenters. The number of nitrogens with zero attached hydrogens (tertiary/aromatic N) is 5. The maximum Gasteiger partial charge on any atom is 0.332 e. The molecule has 0 aliphatic carbocycles. The van der Waals surface area contributed by atoms with E-state index < -0.39 is 16.8 Å². The van der Waals surface area contributed by atoms with Gasteiger partial charge in [0.15, 0.2) is 11.2 Å². The number of aryl methyl sites for hydroxylation is 1. The third-order valence-electron chi connectivity index (χ3n) is 5.50. The van der Waals surface area contributed by atoms with E-state index in [9.17, 15) is 19.5 Å². The molecule has 10 nitrogen and oxygen atoms in total. The van der Waals surface area contributed by atoms with Crippen LogP contribution in [0.15, 0.2) is 38.6 Å². The number of aromatic nitrogens is 5. The van der Waals surface area contributed by atoms with E-state index in [1.807, 2.05) is 12.1 Å². The predicted molar refractivity (Wildman–Crippen MR) is 115 cm³/mol. The number of ether oxygens (including phenoxy) is 1. The van der Waals surface area contributed by atoms with Crippen LogP contribution in [-0.2, 0) is 19.6 Å². The summed E-state index contributed by atoms with van der Waals surface area (Å²) in [7, 11) is 1.57. The Morgan fingerprint density at radius 3 is 2.19 bits per heavy atom. The van der Waals surface area contributed by atoms with Gasteiger partial charge in [-0.15, -0.1) is 0 Å². The van der Waals surface area contributed by atoms with Crippen LogP contribution >= 0.6 is 0 Å². The highest BCUT2D eigenvalue weighted by molar-refractivity contribution is 5.75. The van der Waals surface area contributed by atoms with E-state index in [4.69, 9.17) is 4.74 Å². The third-order valence-corrected chi connectivity index (χ3v) is 5.50. The van der Waals surface area contributed by atoms with Gasteiger partial charge in [-0.05, 0) is 38.5 Å². The van der Waals surface area contributed by atoms with Crippen LogP contribution in [0.25, 0.3) is 16.9 Å². The number of benzene rings is 1. The topological polar surface area (TPSA) is 113 Å². The molecular formula is C21H23N5O5. The molecular weight excluding hydrogens is 402 g/mol. The largest absolute Gasteiger partial charge is 0.497 e. The van der Waals surface area contributed by atoms with Crippen LogP contribution in [0.1, 0.15) is 25.0 Å². The molecule has 0 saturated carbocycles. The second kappa shape index (κ2) is 7.46. The Morgan fingerprint density at radius 1 is 0.968 bits per heavy atom. The molecule has 3 aromatic heterocycles. The molecule has 3 heterocycles. The minimum atomic E-state index is -0.585. The summed E-state index contributed by atoms with van der Waals surface area (Å²) < 4.78 is 10.3. The second-order valence-corrected chi connectivity index (χ2v) is 7.18. The van der Waals surface area contributed by atoms with Crippen LogP contribution in [0.5, 0.6) is 11.6 Å².